The highest BCUT2D eigenvalue weighted by Crippen LogP contribution is 2.08. The van der Waals surface area contributed by atoms with Gasteiger partial charge >= 0.3 is 7.12 Å². The van der Waals surface area contributed by atoms with Gasteiger partial charge in [-0.15, -0.1) is 0 Å². The zero-order chi connectivity index (χ0) is 10.8. The van der Waals surface area contributed by atoms with E-state index < -0.39 is 0 Å². The van der Waals surface area contributed by atoms with Crippen LogP contribution in [0.1, 0.15) is 33.6 Å². The molecule has 0 N–H and O–H groups in total. The fourth-order valence-corrected chi connectivity index (χ4v) is 1.02. The van der Waals surface area contributed by atoms with Crippen LogP contribution in [0, 0.1) is 17.2 Å². The third kappa shape index (κ3) is 6.93. The summed E-state index contributed by atoms with van der Waals surface area (Å²) in [5, 5.41) is 8.67. The van der Waals surface area contributed by atoms with E-state index in [4.69, 9.17) is 14.6 Å². The Hall–Kier alpha value is -0.525. The van der Waals surface area contributed by atoms with E-state index >= 15 is 0 Å². The molecule has 0 saturated heterocycles. The van der Waals surface area contributed by atoms with Crippen molar-refractivity contribution in [2.45, 2.75) is 39.9 Å². The summed E-state index contributed by atoms with van der Waals surface area (Å²) in [6.07, 6.45) is 2.62. The maximum Gasteiger partial charge on any atom is 0.458 e. The molecule has 0 heterocycles. The van der Waals surface area contributed by atoms with Gasteiger partial charge in [-0.1, -0.05) is 13.8 Å². The SMILES string of the molecule is CCCOB(CC(C)C#N)OCCC. The largest absolute Gasteiger partial charge is 0.458 e. The van der Waals surface area contributed by atoms with Crippen LogP contribution < -0.4 is 0 Å². The number of nitriles is 1. The van der Waals surface area contributed by atoms with E-state index in [1.54, 1.807) is 0 Å². The van der Waals surface area contributed by atoms with Crippen LogP contribution >= 0.6 is 0 Å². The summed E-state index contributed by atoms with van der Waals surface area (Å²) in [5.74, 6) is -0.00582. The van der Waals surface area contributed by atoms with Crippen LogP contribution in [0.15, 0.2) is 0 Å². The first-order valence-electron chi connectivity index (χ1n) is 5.37. The molecule has 0 aromatic carbocycles. The van der Waals surface area contributed by atoms with Crippen molar-refractivity contribution in [1.82, 2.24) is 0 Å². The van der Waals surface area contributed by atoms with Crippen molar-refractivity contribution >= 4 is 7.12 Å². The zero-order valence-corrected chi connectivity index (χ0v) is 9.45. The normalized spacial score (nSPS) is 12.1. The molecule has 14 heavy (non-hydrogen) atoms. The molecular weight excluding hydrogens is 177 g/mol. The third-order valence-electron chi connectivity index (χ3n) is 1.78. The van der Waals surface area contributed by atoms with Gasteiger partial charge in [0.05, 0.1) is 6.07 Å². The Balaban J connectivity index is 3.78. The van der Waals surface area contributed by atoms with Gasteiger partial charge in [-0.3, -0.25) is 0 Å². The highest BCUT2D eigenvalue weighted by Gasteiger charge is 2.20. The van der Waals surface area contributed by atoms with E-state index in [-0.39, 0.29) is 13.0 Å². The summed E-state index contributed by atoms with van der Waals surface area (Å²) in [4.78, 5) is 0. The summed E-state index contributed by atoms with van der Waals surface area (Å²) in [6.45, 7) is 7.41. The summed E-state index contributed by atoms with van der Waals surface area (Å²) in [5.41, 5.74) is 0. The number of hydrogen-bond acceptors (Lipinski definition) is 3. The van der Waals surface area contributed by atoms with Gasteiger partial charge in [0, 0.05) is 19.1 Å². The second-order valence-electron chi connectivity index (χ2n) is 3.44. The highest BCUT2D eigenvalue weighted by molar-refractivity contribution is 6.44. The summed E-state index contributed by atoms with van der Waals surface area (Å²) < 4.78 is 11.0. The van der Waals surface area contributed by atoms with Crippen LogP contribution in [0.2, 0.25) is 6.32 Å². The van der Waals surface area contributed by atoms with E-state index in [1.165, 1.54) is 0 Å². The van der Waals surface area contributed by atoms with E-state index in [0.717, 1.165) is 12.8 Å². The van der Waals surface area contributed by atoms with Crippen molar-refractivity contribution < 1.29 is 9.31 Å². The van der Waals surface area contributed by atoms with Gasteiger partial charge in [-0.05, 0) is 26.1 Å². The molecule has 3 nitrogen and oxygen atoms in total. The predicted molar refractivity (Wildman–Crippen MR) is 57.8 cm³/mol. The lowest BCUT2D eigenvalue weighted by molar-refractivity contribution is 0.194. The van der Waals surface area contributed by atoms with Crippen LogP contribution in [-0.4, -0.2) is 20.3 Å². The van der Waals surface area contributed by atoms with Gasteiger partial charge in [-0.2, -0.15) is 5.26 Å². The zero-order valence-electron chi connectivity index (χ0n) is 9.45. The molecule has 80 valence electrons. The molecule has 1 unspecified atom stereocenters. The first-order valence-corrected chi connectivity index (χ1v) is 5.37. The van der Waals surface area contributed by atoms with Gasteiger partial charge < -0.3 is 9.31 Å². The van der Waals surface area contributed by atoms with Crippen LogP contribution in [0.5, 0.6) is 0 Å². The minimum Gasteiger partial charge on any atom is -0.411 e. The van der Waals surface area contributed by atoms with Crippen molar-refractivity contribution in [3.8, 4) is 6.07 Å². The molecular formula is C10H20BNO2. The van der Waals surface area contributed by atoms with Crippen LogP contribution in [-0.2, 0) is 9.31 Å². The van der Waals surface area contributed by atoms with Gasteiger partial charge in [0.15, 0.2) is 0 Å². The monoisotopic (exact) mass is 197 g/mol. The van der Waals surface area contributed by atoms with Crippen molar-refractivity contribution in [2.75, 3.05) is 13.2 Å². The van der Waals surface area contributed by atoms with Gasteiger partial charge in [0.1, 0.15) is 0 Å². The molecule has 0 amide bonds. The Labute approximate surface area is 87.5 Å². The molecule has 1 atom stereocenters. The number of hydrogen-bond donors (Lipinski definition) is 0. The molecule has 0 fully saturated rings. The van der Waals surface area contributed by atoms with E-state index in [1.807, 2.05) is 6.92 Å². The first kappa shape index (κ1) is 13.5. The van der Waals surface area contributed by atoms with E-state index in [9.17, 15) is 0 Å². The summed E-state index contributed by atoms with van der Waals surface area (Å²) in [7, 11) is -0.204. The molecule has 0 aromatic heterocycles. The van der Waals surface area contributed by atoms with Crippen molar-refractivity contribution in [1.29, 1.82) is 5.26 Å². The maximum absolute atomic E-state index is 8.67. The summed E-state index contributed by atoms with van der Waals surface area (Å²) in [6, 6.07) is 2.19. The average molecular weight is 197 g/mol. The first-order chi connectivity index (χ1) is 6.74. The smallest absolute Gasteiger partial charge is 0.411 e. The standard InChI is InChI=1S/C10H20BNO2/c1-4-6-13-11(14-7-5-2)8-10(3)9-12/h10H,4-8H2,1-3H3. The van der Waals surface area contributed by atoms with Crippen molar-refractivity contribution in [3.63, 3.8) is 0 Å². The summed E-state index contributed by atoms with van der Waals surface area (Å²) >= 11 is 0. The molecule has 0 saturated carbocycles. The van der Waals surface area contributed by atoms with Crippen LogP contribution in [0.25, 0.3) is 0 Å². The van der Waals surface area contributed by atoms with Crippen LogP contribution in [0.3, 0.4) is 0 Å². The van der Waals surface area contributed by atoms with E-state index in [2.05, 4.69) is 19.9 Å². The fraction of sp³-hybridized carbons (Fsp3) is 0.900. The Morgan fingerprint density at radius 2 is 1.71 bits per heavy atom. The molecule has 0 rings (SSSR count). The molecule has 4 heteroatoms. The Morgan fingerprint density at radius 3 is 2.07 bits per heavy atom. The fourth-order valence-electron chi connectivity index (χ4n) is 1.02. The predicted octanol–water partition coefficient (Wildman–Crippen LogP) is 2.49. The van der Waals surface area contributed by atoms with Crippen LogP contribution in [0.4, 0.5) is 0 Å². The van der Waals surface area contributed by atoms with Crippen molar-refractivity contribution in [2.24, 2.45) is 5.92 Å². The second kappa shape index (κ2) is 9.05. The Kier molecular flexibility index (Phi) is 8.71. The maximum atomic E-state index is 8.67. The Morgan fingerprint density at radius 1 is 1.21 bits per heavy atom. The molecule has 0 aliphatic heterocycles. The molecule has 0 radical (unpaired) electrons. The van der Waals surface area contributed by atoms with Gasteiger partial charge in [0.25, 0.3) is 0 Å². The minimum atomic E-state index is -0.204. The second-order valence-corrected chi connectivity index (χ2v) is 3.44. The Bertz CT molecular complexity index is 162. The third-order valence-corrected chi connectivity index (χ3v) is 1.78. The average Bonchev–Trinajstić information content (AvgIpc) is 2.21. The topological polar surface area (TPSA) is 42.2 Å². The van der Waals surface area contributed by atoms with Gasteiger partial charge in [0.2, 0.25) is 0 Å². The van der Waals surface area contributed by atoms with E-state index in [0.29, 0.717) is 19.5 Å². The minimum absolute atomic E-state index is 0.00582. The molecule has 0 aliphatic carbocycles. The lowest BCUT2D eigenvalue weighted by Crippen LogP contribution is -2.25. The van der Waals surface area contributed by atoms with Gasteiger partial charge in [-0.25, -0.2) is 0 Å². The molecule has 0 bridgehead atoms. The lowest BCUT2D eigenvalue weighted by Gasteiger charge is -2.14. The van der Waals surface area contributed by atoms with Crippen molar-refractivity contribution in [3.05, 3.63) is 0 Å². The number of rotatable bonds is 8. The molecule has 0 aromatic rings. The highest BCUT2D eigenvalue weighted by atomic mass is 16.6. The number of nitrogens with zero attached hydrogens (tertiary/aromatic N) is 1. The molecule has 0 aliphatic rings. The molecule has 0 spiro atoms. The quantitative estimate of drug-likeness (QED) is 0.561. The lowest BCUT2D eigenvalue weighted by atomic mass is 9.78.